The molecule has 1 aliphatic rings. The molecule has 0 radical (unpaired) electrons. The lowest BCUT2D eigenvalue weighted by Crippen LogP contribution is -2.33. The number of thioether (sulfide) groups is 1. The van der Waals surface area contributed by atoms with E-state index in [4.69, 9.17) is 0 Å². The summed E-state index contributed by atoms with van der Waals surface area (Å²) in [5, 5.41) is 0.589. The summed E-state index contributed by atoms with van der Waals surface area (Å²) in [7, 11) is -3.91. The Morgan fingerprint density at radius 2 is 1.63 bits per heavy atom. The standard InChI is InChI=1S/C19H16F2N2O2S2/c20-13-1-4-15(5-2-13)27(24,25)18-12-22-17-11-14(21)3-6-16(17)19(18)23-7-9-26-10-8-23/h1-6,11-12H,7-10H2. The van der Waals surface area contributed by atoms with Crippen LogP contribution in [0.4, 0.5) is 14.5 Å². The van der Waals surface area contributed by atoms with Crippen molar-refractivity contribution in [3.8, 4) is 0 Å². The Morgan fingerprint density at radius 3 is 2.33 bits per heavy atom. The van der Waals surface area contributed by atoms with Crippen molar-refractivity contribution in [2.45, 2.75) is 9.79 Å². The predicted molar refractivity (Wildman–Crippen MR) is 103 cm³/mol. The van der Waals surface area contributed by atoms with E-state index < -0.39 is 21.5 Å². The van der Waals surface area contributed by atoms with Gasteiger partial charge in [0, 0.05) is 42.2 Å². The van der Waals surface area contributed by atoms with E-state index in [1.54, 1.807) is 17.8 Å². The van der Waals surface area contributed by atoms with Gasteiger partial charge in [-0.2, -0.15) is 11.8 Å². The summed E-state index contributed by atoms with van der Waals surface area (Å²) in [5.74, 6) is 0.820. The van der Waals surface area contributed by atoms with Crippen LogP contribution >= 0.6 is 11.8 Å². The molecule has 0 atom stereocenters. The van der Waals surface area contributed by atoms with Crippen LogP contribution < -0.4 is 4.90 Å². The number of nitrogens with zero attached hydrogens (tertiary/aromatic N) is 2. The Morgan fingerprint density at radius 1 is 0.963 bits per heavy atom. The third kappa shape index (κ3) is 3.39. The van der Waals surface area contributed by atoms with E-state index in [1.165, 1.54) is 30.5 Å². The van der Waals surface area contributed by atoms with E-state index in [2.05, 4.69) is 4.98 Å². The molecule has 140 valence electrons. The van der Waals surface area contributed by atoms with Crippen LogP contribution in [0.5, 0.6) is 0 Å². The van der Waals surface area contributed by atoms with E-state index in [9.17, 15) is 17.2 Å². The van der Waals surface area contributed by atoms with E-state index in [-0.39, 0.29) is 9.79 Å². The summed E-state index contributed by atoms with van der Waals surface area (Å²) < 4.78 is 53.4. The van der Waals surface area contributed by atoms with Crippen LogP contribution in [0.25, 0.3) is 10.9 Å². The normalized spacial score (nSPS) is 15.3. The van der Waals surface area contributed by atoms with Crippen molar-refractivity contribution in [2.75, 3.05) is 29.5 Å². The summed E-state index contributed by atoms with van der Waals surface area (Å²) in [6, 6.07) is 8.90. The lowest BCUT2D eigenvalue weighted by atomic mass is 10.1. The molecule has 27 heavy (non-hydrogen) atoms. The van der Waals surface area contributed by atoms with Crippen molar-refractivity contribution in [1.82, 2.24) is 4.98 Å². The van der Waals surface area contributed by atoms with Crippen LogP contribution in [0.3, 0.4) is 0 Å². The lowest BCUT2D eigenvalue weighted by molar-refractivity contribution is 0.594. The number of benzene rings is 2. The maximum atomic E-state index is 13.6. The van der Waals surface area contributed by atoms with Gasteiger partial charge in [-0.25, -0.2) is 17.2 Å². The number of hydrogen-bond acceptors (Lipinski definition) is 5. The van der Waals surface area contributed by atoms with E-state index >= 15 is 0 Å². The van der Waals surface area contributed by atoms with Crippen LogP contribution in [-0.4, -0.2) is 38.0 Å². The number of hydrogen-bond donors (Lipinski definition) is 0. The van der Waals surface area contributed by atoms with Crippen molar-refractivity contribution in [3.63, 3.8) is 0 Å². The molecule has 2 heterocycles. The summed E-state index contributed by atoms with van der Waals surface area (Å²) >= 11 is 1.80. The minimum atomic E-state index is -3.91. The molecular weight excluding hydrogens is 390 g/mol. The second kappa shape index (κ2) is 7.09. The Balaban J connectivity index is 1.96. The molecule has 0 bridgehead atoms. The first-order valence-electron chi connectivity index (χ1n) is 8.38. The van der Waals surface area contributed by atoms with Crippen molar-refractivity contribution in [1.29, 1.82) is 0 Å². The van der Waals surface area contributed by atoms with Crippen molar-refractivity contribution < 1.29 is 17.2 Å². The number of sulfone groups is 1. The Hall–Kier alpha value is -2.19. The molecule has 1 aromatic heterocycles. The topological polar surface area (TPSA) is 50.3 Å². The number of anilines is 1. The molecule has 1 saturated heterocycles. The first-order chi connectivity index (χ1) is 13.0. The molecule has 0 unspecified atom stereocenters. The largest absolute Gasteiger partial charge is 0.368 e. The van der Waals surface area contributed by atoms with Crippen LogP contribution in [0.15, 0.2) is 58.5 Å². The molecule has 3 aromatic rings. The fourth-order valence-corrected chi connectivity index (χ4v) is 5.52. The molecule has 4 nitrogen and oxygen atoms in total. The molecule has 0 aliphatic carbocycles. The number of rotatable bonds is 3. The van der Waals surface area contributed by atoms with Crippen LogP contribution in [0.1, 0.15) is 0 Å². The minimum Gasteiger partial charge on any atom is -0.368 e. The molecule has 0 N–H and O–H groups in total. The molecule has 1 fully saturated rings. The van der Waals surface area contributed by atoms with Crippen LogP contribution in [0, 0.1) is 11.6 Å². The SMILES string of the molecule is O=S(=O)(c1ccc(F)cc1)c1cnc2cc(F)ccc2c1N1CCSCC1. The van der Waals surface area contributed by atoms with Crippen LogP contribution in [0.2, 0.25) is 0 Å². The molecule has 0 amide bonds. The predicted octanol–water partition coefficient (Wildman–Crippen LogP) is 3.90. The highest BCUT2D eigenvalue weighted by molar-refractivity contribution is 7.99. The van der Waals surface area contributed by atoms with Crippen LogP contribution in [-0.2, 0) is 9.84 Å². The molecule has 0 spiro atoms. The van der Waals surface area contributed by atoms with E-state index in [0.29, 0.717) is 29.7 Å². The maximum absolute atomic E-state index is 13.6. The molecular formula is C19H16F2N2O2S2. The van der Waals surface area contributed by atoms with Crippen molar-refractivity contribution in [3.05, 3.63) is 60.3 Å². The van der Waals surface area contributed by atoms with Gasteiger partial charge in [0.05, 0.1) is 16.1 Å². The van der Waals surface area contributed by atoms with Gasteiger partial charge >= 0.3 is 0 Å². The Bertz CT molecular complexity index is 1100. The smallest absolute Gasteiger partial charge is 0.210 e. The molecule has 8 heteroatoms. The quantitative estimate of drug-likeness (QED) is 0.618. The Labute approximate surface area is 160 Å². The van der Waals surface area contributed by atoms with Gasteiger partial charge < -0.3 is 4.90 Å². The number of pyridine rings is 1. The number of fused-ring (bicyclic) bond motifs is 1. The average Bonchev–Trinajstić information content (AvgIpc) is 2.68. The summed E-state index contributed by atoms with van der Waals surface area (Å²) in [6.45, 7) is 1.38. The second-order valence-electron chi connectivity index (χ2n) is 6.19. The highest BCUT2D eigenvalue weighted by Crippen LogP contribution is 2.37. The fourth-order valence-electron chi connectivity index (χ4n) is 3.18. The van der Waals surface area contributed by atoms with Gasteiger partial charge in [-0.15, -0.1) is 0 Å². The van der Waals surface area contributed by atoms with Gasteiger partial charge in [0.1, 0.15) is 16.5 Å². The fraction of sp³-hybridized carbons (Fsp3) is 0.211. The monoisotopic (exact) mass is 406 g/mol. The first kappa shape index (κ1) is 18.2. The highest BCUT2D eigenvalue weighted by atomic mass is 32.2. The molecule has 2 aromatic carbocycles. The third-order valence-electron chi connectivity index (χ3n) is 4.51. The molecule has 0 saturated carbocycles. The van der Waals surface area contributed by atoms with Crippen molar-refractivity contribution >= 4 is 38.2 Å². The number of halogens is 2. The summed E-state index contributed by atoms with van der Waals surface area (Å²) in [6.07, 6.45) is 1.28. The third-order valence-corrected chi connectivity index (χ3v) is 7.22. The minimum absolute atomic E-state index is 0.000189. The molecule has 4 rings (SSSR count). The van der Waals surface area contributed by atoms with Gasteiger partial charge in [0.25, 0.3) is 0 Å². The van der Waals surface area contributed by atoms with Gasteiger partial charge in [-0.1, -0.05) is 0 Å². The molecule has 1 aliphatic heterocycles. The Kier molecular flexibility index (Phi) is 4.77. The van der Waals surface area contributed by atoms with Gasteiger partial charge in [0.2, 0.25) is 9.84 Å². The van der Waals surface area contributed by atoms with Gasteiger partial charge in [-0.3, -0.25) is 4.98 Å². The zero-order chi connectivity index (χ0) is 19.0. The van der Waals surface area contributed by atoms with Gasteiger partial charge in [-0.05, 0) is 36.4 Å². The second-order valence-corrected chi connectivity index (χ2v) is 9.33. The zero-order valence-corrected chi connectivity index (χ0v) is 15.9. The van der Waals surface area contributed by atoms with Crippen molar-refractivity contribution in [2.24, 2.45) is 0 Å². The van der Waals surface area contributed by atoms with E-state index in [1.807, 2.05) is 4.90 Å². The lowest BCUT2D eigenvalue weighted by Gasteiger charge is -2.31. The maximum Gasteiger partial charge on any atom is 0.210 e. The first-order valence-corrected chi connectivity index (χ1v) is 11.0. The zero-order valence-electron chi connectivity index (χ0n) is 14.2. The highest BCUT2D eigenvalue weighted by Gasteiger charge is 2.27. The summed E-state index contributed by atoms with van der Waals surface area (Å²) in [5.41, 5.74) is 0.936. The number of aromatic nitrogens is 1. The van der Waals surface area contributed by atoms with E-state index in [0.717, 1.165) is 23.6 Å². The van der Waals surface area contributed by atoms with Gasteiger partial charge in [0.15, 0.2) is 0 Å². The average molecular weight is 406 g/mol. The summed E-state index contributed by atoms with van der Waals surface area (Å²) in [4.78, 5) is 6.25.